The largest absolute Gasteiger partial charge is 0.748 e. The summed E-state index contributed by atoms with van der Waals surface area (Å²) in [4.78, 5) is 5.02. The number of nitrogens with zero attached hydrogens (tertiary/aromatic N) is 1. The number of aromatic nitrogens is 1. The van der Waals surface area contributed by atoms with E-state index in [0.717, 1.165) is 0 Å². The van der Waals surface area contributed by atoms with E-state index < -0.39 is 10.1 Å². The van der Waals surface area contributed by atoms with E-state index in [-0.39, 0.29) is 0 Å². The van der Waals surface area contributed by atoms with Gasteiger partial charge in [-0.1, -0.05) is 0 Å². The third-order valence-electron chi connectivity index (χ3n) is 1.22. The minimum Gasteiger partial charge on any atom is -0.748 e. The van der Waals surface area contributed by atoms with Gasteiger partial charge in [0, 0.05) is 38.2 Å². The number of H-pyrrole nitrogens is 1. The minimum atomic E-state index is -3.92. The normalized spacial score (nSPS) is 10.0. The van der Waals surface area contributed by atoms with Crippen molar-refractivity contribution >= 4 is 15.8 Å². The van der Waals surface area contributed by atoms with E-state index >= 15 is 0 Å². The SMILES string of the molecule is CN(C)c1cc[nH+]cc1.CS(=O)(=O)[O-]. The van der Waals surface area contributed by atoms with E-state index in [0.29, 0.717) is 6.26 Å². The molecule has 6 heteroatoms. The lowest BCUT2D eigenvalue weighted by Crippen LogP contribution is -2.10. The number of hydrogen-bond donors (Lipinski definition) is 0. The van der Waals surface area contributed by atoms with Crippen LogP contribution in [0.1, 0.15) is 0 Å². The van der Waals surface area contributed by atoms with Crippen molar-refractivity contribution in [2.75, 3.05) is 25.3 Å². The maximum absolute atomic E-state index is 9.08. The van der Waals surface area contributed by atoms with Crippen molar-refractivity contribution in [2.45, 2.75) is 0 Å². The molecule has 0 atom stereocenters. The highest BCUT2D eigenvalue weighted by Crippen LogP contribution is 2.04. The zero-order valence-electron chi connectivity index (χ0n) is 8.39. The maximum atomic E-state index is 9.08. The highest BCUT2D eigenvalue weighted by atomic mass is 32.2. The molecule has 0 aliphatic carbocycles. The highest BCUT2D eigenvalue weighted by Gasteiger charge is 1.91. The van der Waals surface area contributed by atoms with Crippen LogP contribution in [-0.4, -0.2) is 33.3 Å². The smallest absolute Gasteiger partial charge is 0.169 e. The Hall–Kier alpha value is -1.14. The number of anilines is 1. The van der Waals surface area contributed by atoms with Crippen molar-refractivity contribution in [1.29, 1.82) is 0 Å². The predicted molar refractivity (Wildman–Crippen MR) is 52.9 cm³/mol. The fourth-order valence-corrected chi connectivity index (χ4v) is 0.676. The summed E-state index contributed by atoms with van der Waals surface area (Å²) in [5.41, 5.74) is 1.22. The van der Waals surface area contributed by atoms with Gasteiger partial charge in [0.2, 0.25) is 0 Å². The van der Waals surface area contributed by atoms with Crippen LogP contribution in [0.4, 0.5) is 5.69 Å². The second-order valence-corrected chi connectivity index (χ2v) is 4.26. The topological polar surface area (TPSA) is 74.6 Å². The standard InChI is InChI=1S/C7H10N2.CH4O3S/c1-9(2)7-3-5-8-6-4-7;1-5(2,3)4/h3-6H,1-2H3;1H3,(H,2,3,4). The van der Waals surface area contributed by atoms with E-state index in [2.05, 4.69) is 9.88 Å². The van der Waals surface area contributed by atoms with E-state index in [4.69, 9.17) is 13.0 Å². The molecule has 0 fully saturated rings. The maximum Gasteiger partial charge on any atom is 0.169 e. The Labute approximate surface area is 84.1 Å². The Kier molecular flexibility index (Phi) is 5.11. The monoisotopic (exact) mass is 218 g/mol. The molecule has 0 saturated carbocycles. The van der Waals surface area contributed by atoms with Gasteiger partial charge in [-0.2, -0.15) is 0 Å². The first-order chi connectivity index (χ1) is 6.30. The molecule has 14 heavy (non-hydrogen) atoms. The van der Waals surface area contributed by atoms with Crippen LogP contribution in [0.15, 0.2) is 24.5 Å². The lowest BCUT2D eigenvalue weighted by atomic mass is 10.4. The van der Waals surface area contributed by atoms with Crippen LogP contribution in [0.3, 0.4) is 0 Å². The lowest BCUT2D eigenvalue weighted by Gasteiger charge is -2.08. The summed E-state index contributed by atoms with van der Waals surface area (Å²) in [5.74, 6) is 0. The molecular formula is C8H14N2O3S. The first-order valence-corrected chi connectivity index (χ1v) is 5.66. The molecular weight excluding hydrogens is 204 g/mol. The number of nitrogens with one attached hydrogen (secondary N) is 1. The number of rotatable bonds is 1. The van der Waals surface area contributed by atoms with Gasteiger partial charge in [-0.3, -0.25) is 0 Å². The van der Waals surface area contributed by atoms with Crippen molar-refractivity contribution < 1.29 is 18.0 Å². The summed E-state index contributed by atoms with van der Waals surface area (Å²) in [6, 6.07) is 4.06. The summed E-state index contributed by atoms with van der Waals surface area (Å²) in [6.45, 7) is 0. The zero-order valence-corrected chi connectivity index (χ0v) is 9.21. The van der Waals surface area contributed by atoms with Crippen molar-refractivity contribution in [3.63, 3.8) is 0 Å². The third-order valence-corrected chi connectivity index (χ3v) is 1.22. The molecule has 0 amide bonds. The number of aromatic amines is 1. The fraction of sp³-hybridized carbons (Fsp3) is 0.375. The Morgan fingerprint density at radius 2 is 1.64 bits per heavy atom. The van der Waals surface area contributed by atoms with E-state index in [1.807, 2.05) is 38.6 Å². The van der Waals surface area contributed by atoms with Gasteiger partial charge in [0.25, 0.3) is 0 Å². The lowest BCUT2D eigenvalue weighted by molar-refractivity contribution is -0.377. The summed E-state index contributed by atoms with van der Waals surface area (Å²) >= 11 is 0. The van der Waals surface area contributed by atoms with Crippen molar-refractivity contribution in [3.8, 4) is 0 Å². The Morgan fingerprint density at radius 3 is 1.86 bits per heavy atom. The summed E-state index contributed by atoms with van der Waals surface area (Å²) in [7, 11) is 0.130. The van der Waals surface area contributed by atoms with Gasteiger partial charge in [0.05, 0.1) is 10.1 Å². The second kappa shape index (κ2) is 5.56. The molecule has 1 aromatic heterocycles. The molecule has 0 aromatic carbocycles. The average Bonchev–Trinajstić information content (AvgIpc) is 2.03. The van der Waals surface area contributed by atoms with Gasteiger partial charge in [-0.25, -0.2) is 13.4 Å². The summed E-state index contributed by atoms with van der Waals surface area (Å²) in [5, 5.41) is 0. The zero-order chi connectivity index (χ0) is 11.2. The van der Waals surface area contributed by atoms with Crippen LogP contribution < -0.4 is 9.88 Å². The van der Waals surface area contributed by atoms with Crippen LogP contribution in [-0.2, 0) is 10.1 Å². The molecule has 1 N–H and O–H groups in total. The Balaban J connectivity index is 0.000000292. The van der Waals surface area contributed by atoms with Gasteiger partial charge in [-0.15, -0.1) is 0 Å². The quantitative estimate of drug-likeness (QED) is 0.608. The molecule has 0 spiro atoms. The van der Waals surface area contributed by atoms with Crippen molar-refractivity contribution in [3.05, 3.63) is 24.5 Å². The Bertz CT molecular complexity index is 340. The average molecular weight is 218 g/mol. The first-order valence-electron chi connectivity index (χ1n) is 3.85. The molecule has 5 nitrogen and oxygen atoms in total. The van der Waals surface area contributed by atoms with Crippen LogP contribution in [0, 0.1) is 0 Å². The van der Waals surface area contributed by atoms with E-state index in [1.54, 1.807) is 0 Å². The second-order valence-electron chi connectivity index (χ2n) is 2.86. The minimum absolute atomic E-state index is 0.604. The number of hydrogen-bond acceptors (Lipinski definition) is 4. The van der Waals surface area contributed by atoms with Gasteiger partial charge < -0.3 is 9.45 Å². The molecule has 80 valence electrons. The van der Waals surface area contributed by atoms with E-state index in [1.165, 1.54) is 5.69 Å². The van der Waals surface area contributed by atoms with E-state index in [9.17, 15) is 0 Å². The molecule has 0 radical (unpaired) electrons. The van der Waals surface area contributed by atoms with Crippen LogP contribution in [0.2, 0.25) is 0 Å². The van der Waals surface area contributed by atoms with Gasteiger partial charge in [0.15, 0.2) is 12.4 Å². The number of pyridine rings is 1. The van der Waals surface area contributed by atoms with Crippen molar-refractivity contribution in [2.24, 2.45) is 0 Å². The molecule has 0 aliphatic heterocycles. The van der Waals surface area contributed by atoms with Crippen molar-refractivity contribution in [1.82, 2.24) is 0 Å². The van der Waals surface area contributed by atoms with Gasteiger partial charge >= 0.3 is 0 Å². The first kappa shape index (κ1) is 12.9. The summed E-state index contributed by atoms with van der Waals surface area (Å²) < 4.78 is 27.2. The van der Waals surface area contributed by atoms with Crippen LogP contribution in [0.25, 0.3) is 0 Å². The van der Waals surface area contributed by atoms with Crippen LogP contribution >= 0.6 is 0 Å². The molecule has 1 rings (SSSR count). The fourth-order valence-electron chi connectivity index (χ4n) is 0.676. The molecule has 1 aromatic rings. The molecule has 0 aliphatic rings. The molecule has 0 bridgehead atoms. The summed E-state index contributed by atoms with van der Waals surface area (Å²) in [6.07, 6.45) is 4.43. The Morgan fingerprint density at radius 1 is 1.29 bits per heavy atom. The van der Waals surface area contributed by atoms with Gasteiger partial charge in [0.1, 0.15) is 0 Å². The molecule has 1 heterocycles. The predicted octanol–water partition coefficient (Wildman–Crippen LogP) is -0.272. The van der Waals surface area contributed by atoms with Crippen LogP contribution in [0.5, 0.6) is 0 Å². The van der Waals surface area contributed by atoms with Gasteiger partial charge in [-0.05, 0) is 0 Å². The molecule has 0 saturated heterocycles. The molecule has 0 unspecified atom stereocenters. The highest BCUT2D eigenvalue weighted by molar-refractivity contribution is 7.84. The third kappa shape index (κ3) is 8.95.